The molecule has 3 heteroatoms. The number of likely N-dealkylation sites (tertiary alicyclic amines) is 1. The SMILES string of the molecule is CCCCCCN1CCCC(C(=O)N(C)CC)C1. The van der Waals surface area contributed by atoms with Gasteiger partial charge in [0.2, 0.25) is 5.91 Å². The van der Waals surface area contributed by atoms with Crippen LogP contribution in [0.15, 0.2) is 0 Å². The van der Waals surface area contributed by atoms with Gasteiger partial charge in [-0.1, -0.05) is 26.2 Å². The molecule has 0 aliphatic carbocycles. The van der Waals surface area contributed by atoms with Crippen LogP contribution in [-0.4, -0.2) is 48.9 Å². The molecule has 1 atom stereocenters. The van der Waals surface area contributed by atoms with E-state index in [1.807, 2.05) is 18.9 Å². The zero-order valence-electron chi connectivity index (χ0n) is 12.5. The highest BCUT2D eigenvalue weighted by Gasteiger charge is 2.26. The van der Waals surface area contributed by atoms with E-state index >= 15 is 0 Å². The van der Waals surface area contributed by atoms with Gasteiger partial charge in [0.15, 0.2) is 0 Å². The Morgan fingerprint density at radius 3 is 2.72 bits per heavy atom. The van der Waals surface area contributed by atoms with Gasteiger partial charge < -0.3 is 9.80 Å². The van der Waals surface area contributed by atoms with Crippen LogP contribution in [0.5, 0.6) is 0 Å². The number of carbonyl (C=O) groups is 1. The number of amides is 1. The summed E-state index contributed by atoms with van der Waals surface area (Å²) in [6.07, 6.45) is 7.52. The average molecular weight is 254 g/mol. The molecule has 1 rings (SSSR count). The molecule has 3 nitrogen and oxygen atoms in total. The number of carbonyl (C=O) groups excluding carboxylic acids is 1. The van der Waals surface area contributed by atoms with Crippen molar-refractivity contribution in [1.82, 2.24) is 9.80 Å². The molecule has 1 aliphatic rings. The Hall–Kier alpha value is -0.570. The molecule has 0 spiro atoms. The van der Waals surface area contributed by atoms with Gasteiger partial charge in [-0.05, 0) is 39.3 Å². The van der Waals surface area contributed by atoms with E-state index in [0.717, 1.165) is 19.5 Å². The Morgan fingerprint density at radius 2 is 2.06 bits per heavy atom. The van der Waals surface area contributed by atoms with Crippen molar-refractivity contribution in [3.05, 3.63) is 0 Å². The Morgan fingerprint density at radius 1 is 1.28 bits per heavy atom. The minimum Gasteiger partial charge on any atom is -0.346 e. The number of piperidine rings is 1. The fourth-order valence-corrected chi connectivity index (χ4v) is 2.69. The van der Waals surface area contributed by atoms with Crippen molar-refractivity contribution in [3.63, 3.8) is 0 Å². The van der Waals surface area contributed by atoms with Gasteiger partial charge in [0, 0.05) is 20.1 Å². The second-order valence-electron chi connectivity index (χ2n) is 5.55. The lowest BCUT2D eigenvalue weighted by molar-refractivity contribution is -0.135. The summed E-state index contributed by atoms with van der Waals surface area (Å²) in [6, 6.07) is 0. The molecule has 0 N–H and O–H groups in total. The van der Waals surface area contributed by atoms with Crippen LogP contribution in [0.4, 0.5) is 0 Å². The molecular formula is C15H30N2O. The predicted octanol–water partition coefficient (Wildman–Crippen LogP) is 2.76. The third-order valence-corrected chi connectivity index (χ3v) is 4.03. The van der Waals surface area contributed by atoms with E-state index in [9.17, 15) is 4.79 Å². The maximum absolute atomic E-state index is 12.2. The first-order valence-electron chi connectivity index (χ1n) is 7.66. The van der Waals surface area contributed by atoms with Crippen LogP contribution >= 0.6 is 0 Å². The van der Waals surface area contributed by atoms with E-state index in [1.54, 1.807) is 0 Å². The average Bonchev–Trinajstić information content (AvgIpc) is 2.42. The van der Waals surface area contributed by atoms with Crippen LogP contribution in [0.2, 0.25) is 0 Å². The molecule has 1 saturated heterocycles. The Bertz CT molecular complexity index is 243. The van der Waals surface area contributed by atoms with Crippen molar-refractivity contribution in [2.24, 2.45) is 5.92 Å². The monoisotopic (exact) mass is 254 g/mol. The maximum Gasteiger partial charge on any atom is 0.226 e. The molecular weight excluding hydrogens is 224 g/mol. The lowest BCUT2D eigenvalue weighted by Gasteiger charge is -2.33. The van der Waals surface area contributed by atoms with Crippen molar-refractivity contribution < 1.29 is 4.79 Å². The summed E-state index contributed by atoms with van der Waals surface area (Å²) < 4.78 is 0. The summed E-state index contributed by atoms with van der Waals surface area (Å²) in [5, 5.41) is 0. The first-order chi connectivity index (χ1) is 8.69. The molecule has 0 aromatic rings. The molecule has 0 saturated carbocycles. The standard InChI is InChI=1S/C15H30N2O/c1-4-6-7-8-11-17-12-9-10-14(13-17)15(18)16(3)5-2/h14H,4-13H2,1-3H3. The molecule has 0 radical (unpaired) electrons. The number of hydrogen-bond donors (Lipinski definition) is 0. The van der Waals surface area contributed by atoms with E-state index in [0.29, 0.717) is 5.91 Å². The summed E-state index contributed by atoms with van der Waals surface area (Å²) in [4.78, 5) is 16.5. The quantitative estimate of drug-likeness (QED) is 0.652. The van der Waals surface area contributed by atoms with Gasteiger partial charge in [-0.25, -0.2) is 0 Å². The van der Waals surface area contributed by atoms with Crippen LogP contribution in [0.25, 0.3) is 0 Å². The third kappa shape index (κ3) is 4.97. The Kier molecular flexibility index (Phi) is 7.33. The predicted molar refractivity (Wildman–Crippen MR) is 76.6 cm³/mol. The molecule has 1 fully saturated rings. The lowest BCUT2D eigenvalue weighted by Crippen LogP contribution is -2.43. The number of unbranched alkanes of at least 4 members (excludes halogenated alkanes) is 3. The molecule has 1 aliphatic heterocycles. The number of nitrogens with zero attached hydrogens (tertiary/aromatic N) is 2. The minimum absolute atomic E-state index is 0.245. The van der Waals surface area contributed by atoms with Gasteiger partial charge in [0.1, 0.15) is 0 Å². The van der Waals surface area contributed by atoms with Crippen LogP contribution in [-0.2, 0) is 4.79 Å². The van der Waals surface area contributed by atoms with E-state index in [-0.39, 0.29) is 5.92 Å². The van der Waals surface area contributed by atoms with Crippen LogP contribution in [0.3, 0.4) is 0 Å². The summed E-state index contributed by atoms with van der Waals surface area (Å²) in [7, 11) is 1.92. The van der Waals surface area contributed by atoms with E-state index < -0.39 is 0 Å². The van der Waals surface area contributed by atoms with E-state index in [2.05, 4.69) is 11.8 Å². The third-order valence-electron chi connectivity index (χ3n) is 4.03. The zero-order chi connectivity index (χ0) is 13.4. The normalized spacial score (nSPS) is 20.9. The molecule has 0 bridgehead atoms. The summed E-state index contributed by atoms with van der Waals surface area (Å²) in [6.45, 7) is 8.46. The Labute approximate surface area is 113 Å². The van der Waals surface area contributed by atoms with E-state index in [4.69, 9.17) is 0 Å². The van der Waals surface area contributed by atoms with Crippen LogP contribution < -0.4 is 0 Å². The molecule has 18 heavy (non-hydrogen) atoms. The highest BCUT2D eigenvalue weighted by atomic mass is 16.2. The highest BCUT2D eigenvalue weighted by Crippen LogP contribution is 2.19. The van der Waals surface area contributed by atoms with Gasteiger partial charge in [0.05, 0.1) is 5.92 Å². The summed E-state index contributed by atoms with van der Waals surface area (Å²) in [5.41, 5.74) is 0. The summed E-state index contributed by atoms with van der Waals surface area (Å²) >= 11 is 0. The fourth-order valence-electron chi connectivity index (χ4n) is 2.69. The highest BCUT2D eigenvalue weighted by molar-refractivity contribution is 5.78. The topological polar surface area (TPSA) is 23.6 Å². The van der Waals surface area contributed by atoms with Crippen molar-refractivity contribution in [2.75, 3.05) is 33.2 Å². The molecule has 0 aromatic heterocycles. The largest absolute Gasteiger partial charge is 0.346 e. The van der Waals surface area contributed by atoms with Crippen molar-refractivity contribution in [2.45, 2.75) is 52.4 Å². The Balaban J connectivity index is 2.29. The van der Waals surface area contributed by atoms with Gasteiger partial charge in [-0.3, -0.25) is 4.79 Å². The van der Waals surface area contributed by atoms with Crippen LogP contribution in [0, 0.1) is 5.92 Å². The lowest BCUT2D eigenvalue weighted by atomic mass is 9.96. The minimum atomic E-state index is 0.245. The first-order valence-corrected chi connectivity index (χ1v) is 7.66. The first kappa shape index (κ1) is 15.5. The van der Waals surface area contributed by atoms with E-state index in [1.165, 1.54) is 45.2 Å². The maximum atomic E-state index is 12.2. The van der Waals surface area contributed by atoms with Gasteiger partial charge in [0.25, 0.3) is 0 Å². The molecule has 1 amide bonds. The second kappa shape index (κ2) is 8.52. The zero-order valence-corrected chi connectivity index (χ0v) is 12.5. The number of hydrogen-bond acceptors (Lipinski definition) is 2. The molecule has 0 aromatic carbocycles. The second-order valence-corrected chi connectivity index (χ2v) is 5.55. The number of rotatable bonds is 7. The smallest absolute Gasteiger partial charge is 0.226 e. The summed E-state index contributed by atoms with van der Waals surface area (Å²) in [5.74, 6) is 0.589. The van der Waals surface area contributed by atoms with Gasteiger partial charge in [-0.2, -0.15) is 0 Å². The molecule has 1 unspecified atom stereocenters. The van der Waals surface area contributed by atoms with Crippen LogP contribution in [0.1, 0.15) is 52.4 Å². The van der Waals surface area contributed by atoms with Crippen molar-refractivity contribution in [3.8, 4) is 0 Å². The van der Waals surface area contributed by atoms with Crippen molar-refractivity contribution >= 4 is 5.91 Å². The van der Waals surface area contributed by atoms with Crippen molar-refractivity contribution in [1.29, 1.82) is 0 Å². The van der Waals surface area contributed by atoms with Gasteiger partial charge in [-0.15, -0.1) is 0 Å². The van der Waals surface area contributed by atoms with Gasteiger partial charge >= 0.3 is 0 Å². The molecule has 106 valence electrons. The fraction of sp³-hybridized carbons (Fsp3) is 0.933. The molecule has 1 heterocycles.